The molecule has 0 aromatic rings. The molecule has 0 spiro atoms. The van der Waals surface area contributed by atoms with Crippen LogP contribution in [-0.2, 0) is 24.4 Å². The highest BCUT2D eigenvalue weighted by Gasteiger charge is 2.38. The monoisotopic (exact) mass is 275 g/mol. The predicted octanol–water partition coefficient (Wildman–Crippen LogP) is -0.370. The van der Waals surface area contributed by atoms with Crippen molar-refractivity contribution in [3.8, 4) is 0 Å². The summed E-state index contributed by atoms with van der Waals surface area (Å²) in [6, 6.07) is 0. The van der Waals surface area contributed by atoms with Crippen LogP contribution in [0, 0.1) is 0 Å². The van der Waals surface area contributed by atoms with Crippen LogP contribution < -0.4 is 5.84 Å². The van der Waals surface area contributed by atoms with Crippen molar-refractivity contribution < 1.29 is 25.6 Å². The van der Waals surface area contributed by atoms with Gasteiger partial charge in [-0.15, -0.1) is 5.11 Å². The molecule has 1 unspecified atom stereocenters. The smallest absolute Gasteiger partial charge is 0.305 e. The van der Waals surface area contributed by atoms with Crippen LogP contribution in [0.3, 0.4) is 0 Å². The van der Waals surface area contributed by atoms with Gasteiger partial charge in [0.05, 0.1) is 6.61 Å². The minimum absolute atomic E-state index is 0.203. The fourth-order valence-electron chi connectivity index (χ4n) is 0.698. The number of nitrogens with two attached hydrogens (primary N) is 1. The summed E-state index contributed by atoms with van der Waals surface area (Å²) in [5.41, 5.74) is 0. The van der Waals surface area contributed by atoms with Crippen LogP contribution in [-0.4, -0.2) is 32.7 Å². The van der Waals surface area contributed by atoms with Gasteiger partial charge in [0, 0.05) is 0 Å². The second kappa shape index (κ2) is 6.08. The molecule has 16 heavy (non-hydrogen) atoms. The van der Waals surface area contributed by atoms with Crippen molar-refractivity contribution in [2.45, 2.75) is 24.5 Å². The number of hydrogen-bond donors (Lipinski definition) is 2. The molecule has 0 aromatic heterocycles. The van der Waals surface area contributed by atoms with Crippen LogP contribution in [0.4, 0.5) is 0 Å². The largest absolute Gasteiger partial charge is 0.322 e. The Bertz CT molecular complexity index is 427. The molecule has 0 aliphatic heterocycles. The SMILES string of the molecule is CCCCOS(=O)(=O)C(N=NN)S(=O)(=O)O. The number of hydrogen-bond acceptors (Lipinski definition) is 7. The molecule has 0 heterocycles. The molecule has 0 bridgehead atoms. The first kappa shape index (κ1) is 15.2. The number of nitrogens with zero attached hydrogens (tertiary/aromatic N) is 2. The molecule has 11 heteroatoms. The summed E-state index contributed by atoms with van der Waals surface area (Å²) >= 11 is 0. The van der Waals surface area contributed by atoms with Crippen LogP contribution in [0.5, 0.6) is 0 Å². The zero-order valence-electron chi connectivity index (χ0n) is 8.48. The molecule has 0 radical (unpaired) electrons. The van der Waals surface area contributed by atoms with Gasteiger partial charge in [0.15, 0.2) is 0 Å². The Labute approximate surface area is 93.5 Å². The summed E-state index contributed by atoms with van der Waals surface area (Å²) in [6.45, 7) is 1.58. The van der Waals surface area contributed by atoms with E-state index in [1.54, 1.807) is 6.92 Å². The summed E-state index contributed by atoms with van der Waals surface area (Å²) < 4.78 is 54.3. The average Bonchev–Trinajstić information content (AvgIpc) is 2.12. The first-order chi connectivity index (χ1) is 7.25. The normalized spacial score (nSPS) is 15.4. The average molecular weight is 275 g/mol. The summed E-state index contributed by atoms with van der Waals surface area (Å²) in [4.78, 5) is 0. The molecule has 0 rings (SSSR count). The topological polar surface area (TPSA) is 148 Å². The van der Waals surface area contributed by atoms with Crippen LogP contribution >= 0.6 is 0 Å². The maximum absolute atomic E-state index is 11.3. The Kier molecular flexibility index (Phi) is 5.78. The van der Waals surface area contributed by atoms with Crippen molar-refractivity contribution in [2.75, 3.05) is 6.61 Å². The predicted molar refractivity (Wildman–Crippen MR) is 54.2 cm³/mol. The van der Waals surface area contributed by atoms with Crippen LogP contribution in [0.25, 0.3) is 0 Å². The second-order valence-corrected chi connectivity index (χ2v) is 6.16. The standard InChI is InChI=1S/C5H13N3O6S2/c1-2-3-4-14-16(12,13)5(7-8-6)15(9,10)11/h5H,2-4H2,1H3,(H2,6,7)(H,9,10,11). The van der Waals surface area contributed by atoms with Gasteiger partial charge in [-0.05, 0) is 6.42 Å². The van der Waals surface area contributed by atoms with Crippen LogP contribution in [0.2, 0.25) is 0 Å². The second-order valence-electron chi connectivity index (χ2n) is 2.72. The first-order valence-electron chi connectivity index (χ1n) is 4.20. The fraction of sp³-hybridized carbons (Fsp3) is 1.00. The van der Waals surface area contributed by atoms with Crippen molar-refractivity contribution in [1.82, 2.24) is 0 Å². The van der Waals surface area contributed by atoms with Gasteiger partial charge < -0.3 is 5.84 Å². The zero-order chi connectivity index (χ0) is 12.8. The molecular weight excluding hydrogens is 262 g/mol. The van der Waals surface area contributed by atoms with Gasteiger partial charge in [-0.25, -0.2) is 0 Å². The van der Waals surface area contributed by atoms with E-state index >= 15 is 0 Å². The fourth-order valence-corrected chi connectivity index (χ4v) is 2.87. The van der Waals surface area contributed by atoms with E-state index in [-0.39, 0.29) is 6.61 Å². The highest BCUT2D eigenvalue weighted by molar-refractivity contribution is 8.04. The number of unbranched alkanes of at least 4 members (excludes halogenated alkanes) is 1. The van der Waals surface area contributed by atoms with Gasteiger partial charge in [-0.1, -0.05) is 18.6 Å². The van der Waals surface area contributed by atoms with Crippen molar-refractivity contribution in [3.05, 3.63) is 0 Å². The first-order valence-corrected chi connectivity index (χ1v) is 7.17. The minimum Gasteiger partial charge on any atom is -0.305 e. The van der Waals surface area contributed by atoms with Gasteiger partial charge >= 0.3 is 24.9 Å². The van der Waals surface area contributed by atoms with Crippen molar-refractivity contribution in [3.63, 3.8) is 0 Å². The van der Waals surface area contributed by atoms with E-state index < -0.39 is 24.9 Å². The Hall–Kier alpha value is -0.780. The molecular formula is C5H13N3O6S2. The molecule has 0 fully saturated rings. The zero-order valence-corrected chi connectivity index (χ0v) is 10.1. The van der Waals surface area contributed by atoms with Gasteiger partial charge in [0.2, 0.25) is 0 Å². The lowest BCUT2D eigenvalue weighted by Crippen LogP contribution is -2.30. The molecule has 96 valence electrons. The molecule has 3 N–H and O–H groups in total. The van der Waals surface area contributed by atoms with E-state index in [1.165, 1.54) is 0 Å². The molecule has 0 amide bonds. The highest BCUT2D eigenvalue weighted by atomic mass is 32.3. The maximum Gasteiger partial charge on any atom is 0.322 e. The summed E-state index contributed by atoms with van der Waals surface area (Å²) in [6.07, 6.45) is 1.07. The molecule has 0 aromatic carbocycles. The van der Waals surface area contributed by atoms with E-state index in [2.05, 4.69) is 20.4 Å². The molecule has 0 aliphatic rings. The molecule has 1 atom stereocenters. The van der Waals surface area contributed by atoms with E-state index in [0.717, 1.165) is 0 Å². The summed E-state index contributed by atoms with van der Waals surface area (Å²) in [5, 5.41) is 5.22. The number of rotatable bonds is 7. The van der Waals surface area contributed by atoms with E-state index in [9.17, 15) is 16.8 Å². The van der Waals surface area contributed by atoms with Gasteiger partial charge in [-0.2, -0.15) is 16.8 Å². The molecule has 0 aliphatic carbocycles. The molecule has 0 saturated heterocycles. The van der Waals surface area contributed by atoms with Gasteiger partial charge in [-0.3, -0.25) is 8.74 Å². The minimum atomic E-state index is -4.98. The van der Waals surface area contributed by atoms with Crippen LogP contribution in [0.15, 0.2) is 10.3 Å². The highest BCUT2D eigenvalue weighted by Crippen LogP contribution is 2.13. The molecule has 0 saturated carbocycles. The summed E-state index contributed by atoms with van der Waals surface area (Å²) in [7, 11) is -9.57. The molecule has 9 nitrogen and oxygen atoms in total. The van der Waals surface area contributed by atoms with Crippen molar-refractivity contribution in [2.24, 2.45) is 16.2 Å². The van der Waals surface area contributed by atoms with Crippen LogP contribution in [0.1, 0.15) is 19.8 Å². The summed E-state index contributed by atoms with van der Waals surface area (Å²) in [5.74, 6) is 4.54. The van der Waals surface area contributed by atoms with E-state index in [1.807, 2.05) is 0 Å². The van der Waals surface area contributed by atoms with Gasteiger partial charge in [0.25, 0.3) is 0 Å². The van der Waals surface area contributed by atoms with Gasteiger partial charge in [0.1, 0.15) is 0 Å². The third-order valence-electron chi connectivity index (χ3n) is 1.41. The quantitative estimate of drug-likeness (QED) is 0.161. The maximum atomic E-state index is 11.3. The Balaban J connectivity index is 4.93. The van der Waals surface area contributed by atoms with Crippen molar-refractivity contribution >= 4 is 20.2 Å². The lowest BCUT2D eigenvalue weighted by Gasteiger charge is -2.08. The van der Waals surface area contributed by atoms with Crippen molar-refractivity contribution in [1.29, 1.82) is 0 Å². The lowest BCUT2D eigenvalue weighted by molar-refractivity contribution is 0.307. The van der Waals surface area contributed by atoms with E-state index in [4.69, 9.17) is 4.55 Å². The Morgan fingerprint density at radius 1 is 1.38 bits per heavy atom. The lowest BCUT2D eigenvalue weighted by atomic mass is 10.4. The Morgan fingerprint density at radius 2 is 1.94 bits per heavy atom. The third-order valence-corrected chi connectivity index (χ3v) is 4.53. The Morgan fingerprint density at radius 3 is 2.31 bits per heavy atom. The third kappa shape index (κ3) is 4.83. The van der Waals surface area contributed by atoms with E-state index in [0.29, 0.717) is 12.8 Å².